The first-order valence-electron chi connectivity index (χ1n) is 8.90. The van der Waals surface area contributed by atoms with E-state index in [1.807, 2.05) is 31.5 Å². The van der Waals surface area contributed by atoms with Crippen molar-refractivity contribution in [2.75, 3.05) is 17.7 Å². The number of ether oxygens (including phenoxy) is 1. The number of hydrogen-bond acceptors (Lipinski definition) is 4. The van der Waals surface area contributed by atoms with E-state index in [0.29, 0.717) is 22.8 Å². The fourth-order valence-corrected chi connectivity index (χ4v) is 2.73. The summed E-state index contributed by atoms with van der Waals surface area (Å²) in [4.78, 5) is 24.1. The zero-order chi connectivity index (χ0) is 20.4. The molecule has 0 aliphatic carbocycles. The highest BCUT2D eigenvalue weighted by atomic mass is 16.5. The van der Waals surface area contributed by atoms with Crippen LogP contribution in [0.25, 0.3) is 0 Å². The highest BCUT2D eigenvalue weighted by Gasteiger charge is 2.24. The van der Waals surface area contributed by atoms with E-state index in [1.54, 1.807) is 18.2 Å². The van der Waals surface area contributed by atoms with Crippen LogP contribution in [-0.2, 0) is 10.3 Å². The molecule has 0 spiro atoms. The number of nitrogens with one attached hydrogen (secondary N) is 2. The van der Waals surface area contributed by atoms with E-state index in [9.17, 15) is 9.59 Å². The van der Waals surface area contributed by atoms with Gasteiger partial charge in [-0.2, -0.15) is 5.10 Å². The standard InChI is InChI=1S/C20H28N4O3/c1-12(2)17-11-16(23-24(17)20(4,5)6)19(26)22-15-10-14(21-13(3)25)8-9-18(15)27-7/h8-12H,1-7H3,(H,21,25)(H,22,26). The molecular formula is C20H28N4O3. The van der Waals surface area contributed by atoms with Crippen LogP contribution in [0.15, 0.2) is 24.3 Å². The smallest absolute Gasteiger partial charge is 0.276 e. The van der Waals surface area contributed by atoms with Gasteiger partial charge >= 0.3 is 0 Å². The largest absolute Gasteiger partial charge is 0.495 e. The lowest BCUT2D eigenvalue weighted by molar-refractivity contribution is -0.114. The molecule has 2 N–H and O–H groups in total. The lowest BCUT2D eigenvalue weighted by atomic mass is 10.1. The third kappa shape index (κ3) is 4.87. The fraction of sp³-hybridized carbons (Fsp3) is 0.450. The fourth-order valence-electron chi connectivity index (χ4n) is 2.73. The second-order valence-electron chi connectivity index (χ2n) is 7.74. The van der Waals surface area contributed by atoms with E-state index in [0.717, 1.165) is 5.69 Å². The van der Waals surface area contributed by atoms with Crippen molar-refractivity contribution >= 4 is 23.2 Å². The summed E-state index contributed by atoms with van der Waals surface area (Å²) < 4.78 is 7.20. The summed E-state index contributed by atoms with van der Waals surface area (Å²) in [5.41, 5.74) is 2.13. The highest BCUT2D eigenvalue weighted by Crippen LogP contribution is 2.29. The van der Waals surface area contributed by atoms with Gasteiger partial charge in [0.25, 0.3) is 5.91 Å². The van der Waals surface area contributed by atoms with Gasteiger partial charge in [-0.1, -0.05) is 13.8 Å². The molecule has 0 aliphatic heterocycles. The molecule has 2 rings (SSSR count). The van der Waals surface area contributed by atoms with Gasteiger partial charge in [0.15, 0.2) is 5.69 Å². The third-order valence-corrected chi connectivity index (χ3v) is 3.96. The predicted molar refractivity (Wildman–Crippen MR) is 107 cm³/mol. The van der Waals surface area contributed by atoms with Gasteiger partial charge in [-0.3, -0.25) is 14.3 Å². The first kappa shape index (κ1) is 20.5. The average Bonchev–Trinajstić information content (AvgIpc) is 3.00. The van der Waals surface area contributed by atoms with Crippen molar-refractivity contribution in [1.82, 2.24) is 9.78 Å². The normalized spacial score (nSPS) is 11.4. The van der Waals surface area contributed by atoms with Gasteiger partial charge in [0.05, 0.1) is 18.3 Å². The van der Waals surface area contributed by atoms with Gasteiger partial charge in [0.1, 0.15) is 5.75 Å². The van der Waals surface area contributed by atoms with Gasteiger partial charge < -0.3 is 15.4 Å². The van der Waals surface area contributed by atoms with Crippen LogP contribution in [0.3, 0.4) is 0 Å². The number of nitrogens with zero attached hydrogens (tertiary/aromatic N) is 2. The number of aromatic nitrogens is 2. The Bertz CT molecular complexity index is 847. The average molecular weight is 372 g/mol. The first-order chi connectivity index (χ1) is 12.5. The van der Waals surface area contributed by atoms with Crippen molar-refractivity contribution < 1.29 is 14.3 Å². The maximum atomic E-state index is 12.8. The number of carbonyl (C=O) groups excluding carboxylic acids is 2. The van der Waals surface area contributed by atoms with Crippen molar-refractivity contribution in [1.29, 1.82) is 0 Å². The van der Waals surface area contributed by atoms with E-state index < -0.39 is 0 Å². The van der Waals surface area contributed by atoms with E-state index in [-0.39, 0.29) is 23.3 Å². The Morgan fingerprint density at radius 2 is 1.81 bits per heavy atom. The van der Waals surface area contributed by atoms with Crippen molar-refractivity contribution in [2.45, 2.75) is 53.0 Å². The van der Waals surface area contributed by atoms with Gasteiger partial charge in [-0.05, 0) is 51.0 Å². The molecule has 1 aromatic carbocycles. The molecule has 0 fully saturated rings. The molecule has 0 unspecified atom stereocenters. The number of hydrogen-bond donors (Lipinski definition) is 2. The molecule has 2 amide bonds. The molecule has 0 saturated carbocycles. The molecule has 27 heavy (non-hydrogen) atoms. The monoisotopic (exact) mass is 372 g/mol. The van der Waals surface area contributed by atoms with Gasteiger partial charge in [0.2, 0.25) is 5.91 Å². The second-order valence-corrected chi connectivity index (χ2v) is 7.74. The zero-order valence-electron chi connectivity index (χ0n) is 17.0. The molecule has 7 heteroatoms. The Balaban J connectivity index is 2.36. The SMILES string of the molecule is COc1ccc(NC(C)=O)cc1NC(=O)c1cc(C(C)C)n(C(C)(C)C)n1. The second kappa shape index (κ2) is 7.82. The van der Waals surface area contributed by atoms with E-state index in [1.165, 1.54) is 14.0 Å². The van der Waals surface area contributed by atoms with Crippen molar-refractivity contribution in [3.05, 3.63) is 35.7 Å². The first-order valence-corrected chi connectivity index (χ1v) is 8.90. The number of carbonyl (C=O) groups is 2. The molecule has 0 saturated heterocycles. The Morgan fingerprint density at radius 1 is 1.15 bits per heavy atom. The van der Waals surface area contributed by atoms with Gasteiger partial charge in [0, 0.05) is 18.3 Å². The summed E-state index contributed by atoms with van der Waals surface area (Å²) >= 11 is 0. The number of rotatable bonds is 5. The predicted octanol–water partition coefficient (Wildman–Crippen LogP) is 3.98. The molecule has 0 radical (unpaired) electrons. The Hall–Kier alpha value is -2.83. The van der Waals surface area contributed by atoms with Crippen molar-refractivity contribution in [2.24, 2.45) is 0 Å². The summed E-state index contributed by atoms with van der Waals surface area (Å²) in [5, 5.41) is 10.0. The molecule has 2 aromatic rings. The summed E-state index contributed by atoms with van der Waals surface area (Å²) in [5.74, 6) is 0.203. The Morgan fingerprint density at radius 3 is 2.30 bits per heavy atom. The lowest BCUT2D eigenvalue weighted by Crippen LogP contribution is -2.26. The lowest BCUT2D eigenvalue weighted by Gasteiger charge is -2.23. The Labute approximate surface area is 160 Å². The van der Waals surface area contributed by atoms with Gasteiger partial charge in [-0.25, -0.2) is 0 Å². The maximum absolute atomic E-state index is 12.8. The number of anilines is 2. The highest BCUT2D eigenvalue weighted by molar-refractivity contribution is 6.04. The minimum atomic E-state index is -0.335. The quantitative estimate of drug-likeness (QED) is 0.831. The minimum Gasteiger partial charge on any atom is -0.495 e. The topological polar surface area (TPSA) is 85.3 Å². The van der Waals surface area contributed by atoms with Crippen LogP contribution in [0.5, 0.6) is 5.75 Å². The van der Waals surface area contributed by atoms with Crippen LogP contribution in [0.1, 0.15) is 63.6 Å². The van der Waals surface area contributed by atoms with Crippen LogP contribution >= 0.6 is 0 Å². The summed E-state index contributed by atoms with van der Waals surface area (Å²) in [6, 6.07) is 6.87. The third-order valence-electron chi connectivity index (χ3n) is 3.96. The van der Waals surface area contributed by atoms with Crippen LogP contribution < -0.4 is 15.4 Å². The minimum absolute atomic E-state index is 0.192. The van der Waals surface area contributed by atoms with Gasteiger partial charge in [-0.15, -0.1) is 0 Å². The van der Waals surface area contributed by atoms with Crippen LogP contribution in [0, 0.1) is 0 Å². The van der Waals surface area contributed by atoms with Crippen molar-refractivity contribution in [3.8, 4) is 5.75 Å². The number of methoxy groups -OCH3 is 1. The number of benzene rings is 1. The van der Waals surface area contributed by atoms with Crippen LogP contribution in [0.2, 0.25) is 0 Å². The summed E-state index contributed by atoms with van der Waals surface area (Å²) in [6.07, 6.45) is 0. The Kier molecular flexibility index (Phi) is 5.93. The number of amides is 2. The molecule has 0 bridgehead atoms. The van der Waals surface area contributed by atoms with Crippen LogP contribution in [-0.4, -0.2) is 28.7 Å². The summed E-state index contributed by atoms with van der Waals surface area (Å²) in [6.45, 7) is 11.7. The zero-order valence-corrected chi connectivity index (χ0v) is 17.0. The molecule has 7 nitrogen and oxygen atoms in total. The molecule has 1 heterocycles. The summed E-state index contributed by atoms with van der Waals surface area (Å²) in [7, 11) is 1.52. The van der Waals surface area contributed by atoms with E-state index >= 15 is 0 Å². The molecule has 0 aliphatic rings. The van der Waals surface area contributed by atoms with Crippen molar-refractivity contribution in [3.63, 3.8) is 0 Å². The van der Waals surface area contributed by atoms with Crippen LogP contribution in [0.4, 0.5) is 11.4 Å². The molecule has 146 valence electrons. The van der Waals surface area contributed by atoms with E-state index in [2.05, 4.69) is 29.6 Å². The molecule has 1 aromatic heterocycles. The maximum Gasteiger partial charge on any atom is 0.276 e. The molecular weight excluding hydrogens is 344 g/mol. The van der Waals surface area contributed by atoms with E-state index in [4.69, 9.17) is 4.74 Å². The molecule has 0 atom stereocenters.